The van der Waals surface area contributed by atoms with Crippen molar-refractivity contribution in [3.63, 3.8) is 0 Å². The highest BCUT2D eigenvalue weighted by molar-refractivity contribution is 7.80. The third-order valence-electron chi connectivity index (χ3n) is 7.77. The van der Waals surface area contributed by atoms with Crippen molar-refractivity contribution in [1.82, 2.24) is 31.5 Å². The second-order valence-corrected chi connectivity index (χ2v) is 13.8. The number of thiol groups is 1. The van der Waals surface area contributed by atoms with Crippen LogP contribution < -0.4 is 38.1 Å². The van der Waals surface area contributed by atoms with Gasteiger partial charge in [0.05, 0.1) is 0 Å². The van der Waals surface area contributed by atoms with Crippen LogP contribution in [0, 0.1) is 0 Å². The molecule has 1 aliphatic rings. The van der Waals surface area contributed by atoms with Crippen LogP contribution in [-0.4, -0.2) is 134 Å². The van der Waals surface area contributed by atoms with E-state index < -0.39 is 105 Å². The first-order chi connectivity index (χ1) is 24.8. The Labute approximate surface area is 310 Å². The quantitative estimate of drug-likeness (QED) is 0.0410. The highest BCUT2D eigenvalue weighted by atomic mass is 32.1. The maximum atomic E-state index is 13.8. The van der Waals surface area contributed by atoms with Gasteiger partial charge in [0.2, 0.25) is 35.4 Å². The van der Waals surface area contributed by atoms with E-state index in [1.54, 1.807) is 30.3 Å². The number of carboxylic acid groups (broad SMARTS) is 1. The molecule has 294 valence electrons. The van der Waals surface area contributed by atoms with Crippen LogP contribution in [0.1, 0.15) is 38.2 Å². The smallest absolute Gasteiger partial charge is 0.480 e. The van der Waals surface area contributed by atoms with Gasteiger partial charge in [0.15, 0.2) is 6.04 Å². The number of carboxylic acids is 1. The largest absolute Gasteiger partial charge is 0.567 e. The molecule has 14 N–H and O–H groups in total. The van der Waals surface area contributed by atoms with Gasteiger partial charge in [-0.15, -0.1) is 0 Å². The molecular weight excluding hydrogens is 743 g/mol. The number of primary amides is 1. The molecule has 1 fully saturated rings. The first-order valence-corrected chi connectivity index (χ1v) is 18.5. The monoisotopic (exact) mass is 790 g/mol. The molecule has 1 aromatic rings. The minimum Gasteiger partial charge on any atom is -0.480 e. The second-order valence-electron chi connectivity index (χ2n) is 12.1. The first-order valence-electron chi connectivity index (χ1n) is 16.3. The number of hydrogen-bond donors (Lipinski definition) is 12. The average molecular weight is 791 g/mol. The molecule has 0 unspecified atom stereocenters. The molecule has 0 spiro atoms. The van der Waals surface area contributed by atoms with Crippen LogP contribution in [0.2, 0.25) is 0 Å². The number of amides is 7. The Morgan fingerprint density at radius 1 is 0.925 bits per heavy atom. The summed E-state index contributed by atoms with van der Waals surface area (Å²) in [5, 5.41) is 20.9. The van der Waals surface area contributed by atoms with E-state index in [9.17, 15) is 53.0 Å². The zero-order valence-corrected chi connectivity index (χ0v) is 30.6. The SMILES string of the molecule is C[C@H]([NH3+])C(=O)N[C@@H](CS)C(=O)N[C@@H](CO[P+](O)(O)O)C(=O)N1CCC[C@H]1C(=O)N[C@@H](CCC(N)=O)C(=O)N[C@@H](Cc1ccccc1)C(=O)NCC(=O)O. The molecule has 7 amide bonds. The lowest BCUT2D eigenvalue weighted by Crippen LogP contribution is -2.68. The number of carbonyl (C=O) groups is 8. The van der Waals surface area contributed by atoms with E-state index in [0.717, 1.165) is 4.90 Å². The number of likely N-dealkylation sites (tertiary alicyclic amines) is 1. The molecule has 1 saturated heterocycles. The number of quaternary nitrogens is 1. The lowest BCUT2D eigenvalue weighted by molar-refractivity contribution is -0.398. The van der Waals surface area contributed by atoms with Crippen LogP contribution in [0.4, 0.5) is 0 Å². The maximum Gasteiger partial charge on any atom is 0.567 e. The predicted octanol–water partition coefficient (Wildman–Crippen LogP) is -5.14. The Bertz CT molecular complexity index is 1480. The molecule has 0 saturated carbocycles. The number of hydrogen-bond acceptors (Lipinski definition) is 13. The minimum atomic E-state index is -4.92. The summed E-state index contributed by atoms with van der Waals surface area (Å²) in [6.07, 6.45) is -0.451. The molecule has 2 rings (SSSR count). The summed E-state index contributed by atoms with van der Waals surface area (Å²) in [7, 11) is -4.92. The standard InChI is InChI=1S/C30H45N8O13PS/c1-16(31)25(42)37-21(15-53)28(45)36-20(14-51-52(48,49)50)30(47)38-11-5-8-22(38)29(46)34-18(9-10-23(32)39)27(44)35-19(26(43)33-13-24(40)41)12-17-6-3-2-4-7-17/h2-4,6-7,16,18-22,48-50H,5,8-15,31H2,1H3,(H8-,32,33,34,35,36,37,39,40,41,42,43,44,45,46,53)/p+2/t16-,18-,19-,20-,21-,22-/m0/s1. The van der Waals surface area contributed by atoms with Crippen molar-refractivity contribution in [1.29, 1.82) is 0 Å². The number of aliphatic carboxylic acids is 1. The predicted molar refractivity (Wildman–Crippen MR) is 187 cm³/mol. The van der Waals surface area contributed by atoms with E-state index in [0.29, 0.717) is 5.56 Å². The fourth-order valence-electron chi connectivity index (χ4n) is 5.07. The van der Waals surface area contributed by atoms with E-state index in [2.05, 4.69) is 49.5 Å². The zero-order chi connectivity index (χ0) is 39.9. The summed E-state index contributed by atoms with van der Waals surface area (Å²) in [4.78, 5) is 131. The first kappa shape index (κ1) is 44.7. The summed E-state index contributed by atoms with van der Waals surface area (Å²) in [5.74, 6) is -7.52. The summed E-state index contributed by atoms with van der Waals surface area (Å²) >= 11 is 4.05. The van der Waals surface area contributed by atoms with Gasteiger partial charge in [0, 0.05) is 25.1 Å². The molecule has 1 aromatic carbocycles. The third kappa shape index (κ3) is 15.6. The van der Waals surface area contributed by atoms with Crippen LogP contribution in [0.25, 0.3) is 0 Å². The molecular formula is C30H47N8O13PS+2. The Morgan fingerprint density at radius 2 is 1.53 bits per heavy atom. The molecule has 53 heavy (non-hydrogen) atoms. The number of nitrogens with two attached hydrogens (primary N) is 1. The molecule has 21 nitrogen and oxygen atoms in total. The summed E-state index contributed by atoms with van der Waals surface area (Å²) in [5.41, 5.74) is 9.46. The highest BCUT2D eigenvalue weighted by Gasteiger charge is 2.42. The molecule has 23 heteroatoms. The Hall–Kier alpha value is -4.44. The number of rotatable bonds is 21. The van der Waals surface area contributed by atoms with Crippen LogP contribution in [0.3, 0.4) is 0 Å². The number of nitrogens with zero attached hydrogens (tertiary/aromatic N) is 1. The van der Waals surface area contributed by atoms with Gasteiger partial charge in [0.1, 0.15) is 43.4 Å². The van der Waals surface area contributed by atoms with Crippen molar-refractivity contribution in [2.45, 2.75) is 75.3 Å². The molecule has 0 bridgehead atoms. The molecule has 1 aliphatic heterocycles. The third-order valence-corrected chi connectivity index (χ3v) is 8.63. The van der Waals surface area contributed by atoms with E-state index in [1.807, 2.05) is 0 Å². The van der Waals surface area contributed by atoms with Crippen LogP contribution in [-0.2, 0) is 49.3 Å². The normalized spacial score (nSPS) is 16.9. The Kier molecular flexibility index (Phi) is 18.0. The van der Waals surface area contributed by atoms with Gasteiger partial charge in [-0.05, 0) is 31.7 Å². The summed E-state index contributed by atoms with van der Waals surface area (Å²) < 4.78 is 4.62. The summed E-state index contributed by atoms with van der Waals surface area (Å²) in [6, 6.07) is 0.624. The van der Waals surface area contributed by atoms with Gasteiger partial charge in [-0.3, -0.25) is 38.4 Å². The second kappa shape index (κ2) is 21.3. The van der Waals surface area contributed by atoms with E-state index in [1.165, 1.54) is 6.92 Å². The number of benzene rings is 1. The fourth-order valence-corrected chi connectivity index (χ4v) is 5.68. The maximum absolute atomic E-state index is 13.8. The summed E-state index contributed by atoms with van der Waals surface area (Å²) in [6.45, 7) is -0.286. The highest BCUT2D eigenvalue weighted by Crippen LogP contribution is 2.45. The molecule has 0 aromatic heterocycles. The van der Waals surface area contributed by atoms with Gasteiger partial charge in [-0.2, -0.15) is 31.8 Å². The van der Waals surface area contributed by atoms with Gasteiger partial charge in [-0.1, -0.05) is 30.3 Å². The van der Waals surface area contributed by atoms with E-state index in [-0.39, 0.29) is 44.4 Å². The van der Waals surface area contributed by atoms with Gasteiger partial charge in [0.25, 0.3) is 5.91 Å². The van der Waals surface area contributed by atoms with Crippen LogP contribution in [0.5, 0.6) is 0 Å². The van der Waals surface area contributed by atoms with Gasteiger partial charge >= 0.3 is 14.1 Å². The Morgan fingerprint density at radius 3 is 2.09 bits per heavy atom. The number of carbonyl (C=O) groups excluding carboxylic acids is 7. The minimum absolute atomic E-state index is 0.0479. The van der Waals surface area contributed by atoms with Gasteiger partial charge < -0.3 is 48.1 Å². The fraction of sp³-hybridized carbons (Fsp3) is 0.533. The van der Waals surface area contributed by atoms with E-state index in [4.69, 9.17) is 10.8 Å². The van der Waals surface area contributed by atoms with Crippen molar-refractivity contribution in [2.75, 3.05) is 25.4 Å². The van der Waals surface area contributed by atoms with Crippen molar-refractivity contribution >= 4 is 68.1 Å². The number of nitrogens with one attached hydrogen (secondary N) is 5. The molecule has 0 aliphatic carbocycles. The van der Waals surface area contributed by atoms with Crippen LogP contribution >= 0.6 is 20.8 Å². The molecule has 1 heterocycles. The topological polar surface area (TPSA) is 344 Å². The Balaban J connectivity index is 2.31. The van der Waals surface area contributed by atoms with Crippen LogP contribution in [0.15, 0.2) is 30.3 Å². The van der Waals surface area contributed by atoms with Gasteiger partial charge in [-0.25, -0.2) is 0 Å². The van der Waals surface area contributed by atoms with Crippen molar-refractivity contribution in [3.8, 4) is 0 Å². The van der Waals surface area contributed by atoms with Crippen molar-refractivity contribution < 1.29 is 68.4 Å². The lowest BCUT2D eigenvalue weighted by Gasteiger charge is -2.30. The van der Waals surface area contributed by atoms with Crippen molar-refractivity contribution in [2.24, 2.45) is 5.73 Å². The zero-order valence-electron chi connectivity index (χ0n) is 28.8. The molecule has 0 radical (unpaired) electrons. The lowest BCUT2D eigenvalue weighted by atomic mass is 10.0. The van der Waals surface area contributed by atoms with Crippen molar-refractivity contribution in [3.05, 3.63) is 35.9 Å². The van der Waals surface area contributed by atoms with E-state index >= 15 is 0 Å². The molecule has 6 atom stereocenters. The average Bonchev–Trinajstić information content (AvgIpc) is 3.59.